The highest BCUT2D eigenvalue weighted by molar-refractivity contribution is 6.06. The van der Waals surface area contributed by atoms with Crippen LogP contribution in [0.3, 0.4) is 0 Å². The lowest BCUT2D eigenvalue weighted by atomic mass is 10.2. The van der Waals surface area contributed by atoms with E-state index in [4.69, 9.17) is 5.73 Å². The van der Waals surface area contributed by atoms with Gasteiger partial charge in [-0.05, 0) is 30.3 Å². The van der Waals surface area contributed by atoms with Gasteiger partial charge >= 0.3 is 0 Å². The second kappa shape index (κ2) is 6.87. The van der Waals surface area contributed by atoms with Crippen molar-refractivity contribution in [1.82, 2.24) is 4.57 Å². The number of aryl methyl sites for hydroxylation is 1. The van der Waals surface area contributed by atoms with Crippen molar-refractivity contribution in [3.05, 3.63) is 64.3 Å². The first kappa shape index (κ1) is 16.4. The monoisotopic (exact) mass is 317 g/mol. The summed E-state index contributed by atoms with van der Waals surface area (Å²) in [6.45, 7) is 0.0367. The summed E-state index contributed by atoms with van der Waals surface area (Å²) in [6.07, 6.45) is 1.43. The van der Waals surface area contributed by atoms with Crippen molar-refractivity contribution in [2.45, 2.75) is 6.42 Å². The van der Waals surface area contributed by atoms with E-state index < -0.39 is 17.6 Å². The van der Waals surface area contributed by atoms with Crippen LogP contribution >= 0.6 is 0 Å². The molecule has 23 heavy (non-hydrogen) atoms. The van der Waals surface area contributed by atoms with E-state index in [0.29, 0.717) is 5.69 Å². The molecule has 6 nitrogen and oxygen atoms in total. The molecule has 0 radical (unpaired) electrons. The molecule has 1 heterocycles. The minimum atomic E-state index is -0.561. The molecule has 2 N–H and O–H groups in total. The summed E-state index contributed by atoms with van der Waals surface area (Å²) >= 11 is 0. The minimum absolute atomic E-state index is 0.0367. The van der Waals surface area contributed by atoms with Crippen molar-refractivity contribution < 1.29 is 14.0 Å². The number of carbonyl (C=O) groups excluding carboxylic acids is 2. The molecule has 1 aromatic heterocycles. The van der Waals surface area contributed by atoms with Gasteiger partial charge in [-0.15, -0.1) is 0 Å². The Hall–Kier alpha value is -2.96. The molecule has 2 amide bonds. The first-order chi connectivity index (χ1) is 10.9. The van der Waals surface area contributed by atoms with Crippen LogP contribution in [0.15, 0.2) is 47.4 Å². The molecule has 0 bridgehead atoms. The smallest absolute Gasteiger partial charge is 0.258 e. The largest absolute Gasteiger partial charge is 0.370 e. The number of pyridine rings is 1. The first-order valence-electron chi connectivity index (χ1n) is 6.91. The quantitative estimate of drug-likeness (QED) is 0.894. The Morgan fingerprint density at radius 2 is 1.87 bits per heavy atom. The van der Waals surface area contributed by atoms with E-state index in [-0.39, 0.29) is 24.1 Å². The molecule has 0 aliphatic carbocycles. The molecule has 0 fully saturated rings. The van der Waals surface area contributed by atoms with Crippen molar-refractivity contribution in [2.24, 2.45) is 12.8 Å². The standard InChI is InChI=1S/C16H16FN3O3/c1-19-8-6-11(10-15(19)22)16(23)20(9-7-14(18)21)13-4-2-12(17)3-5-13/h2-6,8,10H,7,9H2,1H3,(H2,18,21). The van der Waals surface area contributed by atoms with Gasteiger partial charge < -0.3 is 15.2 Å². The molecule has 2 aromatic rings. The summed E-state index contributed by atoms with van der Waals surface area (Å²) < 4.78 is 14.4. The third-order valence-electron chi connectivity index (χ3n) is 3.32. The number of anilines is 1. The van der Waals surface area contributed by atoms with Crippen LogP contribution in [0.1, 0.15) is 16.8 Å². The van der Waals surface area contributed by atoms with Crippen LogP contribution in [0.25, 0.3) is 0 Å². The zero-order valence-electron chi connectivity index (χ0n) is 12.5. The third-order valence-corrected chi connectivity index (χ3v) is 3.32. The van der Waals surface area contributed by atoms with Gasteiger partial charge in [0, 0.05) is 43.5 Å². The number of nitrogens with two attached hydrogens (primary N) is 1. The lowest BCUT2D eigenvalue weighted by Gasteiger charge is -2.22. The van der Waals surface area contributed by atoms with Gasteiger partial charge in [-0.1, -0.05) is 0 Å². The topological polar surface area (TPSA) is 85.4 Å². The highest BCUT2D eigenvalue weighted by atomic mass is 19.1. The van der Waals surface area contributed by atoms with Crippen molar-refractivity contribution in [3.63, 3.8) is 0 Å². The molecule has 2 rings (SSSR count). The summed E-state index contributed by atoms with van der Waals surface area (Å²) in [5.41, 5.74) is 5.40. The normalized spacial score (nSPS) is 10.3. The SMILES string of the molecule is Cn1ccc(C(=O)N(CCC(N)=O)c2ccc(F)cc2)cc1=O. The highest BCUT2D eigenvalue weighted by Crippen LogP contribution is 2.18. The lowest BCUT2D eigenvalue weighted by molar-refractivity contribution is -0.117. The van der Waals surface area contributed by atoms with Gasteiger partial charge in [0.2, 0.25) is 5.91 Å². The summed E-state index contributed by atoms with van der Waals surface area (Å²) in [7, 11) is 1.57. The first-order valence-corrected chi connectivity index (χ1v) is 6.91. The summed E-state index contributed by atoms with van der Waals surface area (Å²) in [5.74, 6) is -1.46. The van der Waals surface area contributed by atoms with E-state index in [1.165, 1.54) is 52.1 Å². The molecular formula is C16H16FN3O3. The third kappa shape index (κ3) is 4.03. The Balaban J connectivity index is 2.36. The molecule has 1 aromatic carbocycles. The van der Waals surface area contributed by atoms with Crippen molar-refractivity contribution >= 4 is 17.5 Å². The number of amides is 2. The number of rotatable bonds is 5. The van der Waals surface area contributed by atoms with Crippen LogP contribution in [0.4, 0.5) is 10.1 Å². The fourth-order valence-electron chi connectivity index (χ4n) is 2.03. The number of nitrogens with zero attached hydrogens (tertiary/aromatic N) is 2. The van der Waals surface area contributed by atoms with Gasteiger partial charge in [0.15, 0.2) is 0 Å². The maximum absolute atomic E-state index is 13.1. The number of carbonyl (C=O) groups is 2. The molecule has 0 aliphatic heterocycles. The van der Waals surface area contributed by atoms with E-state index >= 15 is 0 Å². The van der Waals surface area contributed by atoms with Gasteiger partial charge in [0.1, 0.15) is 5.82 Å². The molecule has 0 unspecified atom stereocenters. The van der Waals surface area contributed by atoms with Gasteiger partial charge in [-0.3, -0.25) is 14.4 Å². The number of benzene rings is 1. The number of hydrogen-bond acceptors (Lipinski definition) is 3. The molecular weight excluding hydrogens is 301 g/mol. The Labute approximate surface area is 131 Å². The molecule has 7 heteroatoms. The van der Waals surface area contributed by atoms with Crippen LogP contribution in [-0.2, 0) is 11.8 Å². The van der Waals surface area contributed by atoms with E-state index in [2.05, 4.69) is 0 Å². The van der Waals surface area contributed by atoms with Crippen LogP contribution in [0.2, 0.25) is 0 Å². The highest BCUT2D eigenvalue weighted by Gasteiger charge is 2.19. The second-order valence-corrected chi connectivity index (χ2v) is 5.01. The minimum Gasteiger partial charge on any atom is -0.370 e. The van der Waals surface area contributed by atoms with Gasteiger partial charge in [0.25, 0.3) is 11.5 Å². The van der Waals surface area contributed by atoms with Crippen LogP contribution < -0.4 is 16.2 Å². The number of halogens is 1. The Kier molecular flexibility index (Phi) is 4.90. The molecule has 0 aliphatic rings. The molecule has 0 saturated heterocycles. The number of primary amides is 1. The predicted octanol–water partition coefficient (Wildman–Crippen LogP) is 1.05. The Bertz CT molecular complexity index is 784. The molecule has 0 saturated carbocycles. The van der Waals surface area contributed by atoms with Crippen LogP contribution in [-0.4, -0.2) is 22.9 Å². The second-order valence-electron chi connectivity index (χ2n) is 5.01. The lowest BCUT2D eigenvalue weighted by Crippen LogP contribution is -2.35. The number of hydrogen-bond donors (Lipinski definition) is 1. The number of aromatic nitrogens is 1. The van der Waals surface area contributed by atoms with E-state index in [0.717, 1.165) is 0 Å². The zero-order chi connectivity index (χ0) is 17.0. The van der Waals surface area contributed by atoms with Crippen LogP contribution in [0, 0.1) is 5.82 Å². The molecule has 0 spiro atoms. The average Bonchev–Trinajstić information content (AvgIpc) is 2.51. The van der Waals surface area contributed by atoms with E-state index in [1.807, 2.05) is 0 Å². The van der Waals surface area contributed by atoms with Gasteiger partial charge in [0.05, 0.1) is 0 Å². The fraction of sp³-hybridized carbons (Fsp3) is 0.188. The van der Waals surface area contributed by atoms with Crippen LogP contribution in [0.5, 0.6) is 0 Å². The maximum Gasteiger partial charge on any atom is 0.258 e. The van der Waals surface area contributed by atoms with Crippen molar-refractivity contribution in [3.8, 4) is 0 Å². The average molecular weight is 317 g/mol. The zero-order valence-corrected chi connectivity index (χ0v) is 12.5. The van der Waals surface area contributed by atoms with Crippen molar-refractivity contribution in [1.29, 1.82) is 0 Å². The summed E-state index contributed by atoms with van der Waals surface area (Å²) in [5, 5.41) is 0. The predicted molar refractivity (Wildman–Crippen MR) is 83.6 cm³/mol. The fourth-order valence-corrected chi connectivity index (χ4v) is 2.03. The maximum atomic E-state index is 13.1. The van der Waals surface area contributed by atoms with Gasteiger partial charge in [-0.2, -0.15) is 0 Å². The Morgan fingerprint density at radius 1 is 1.22 bits per heavy atom. The summed E-state index contributed by atoms with van der Waals surface area (Å²) in [6, 6.07) is 7.99. The molecule has 0 atom stereocenters. The summed E-state index contributed by atoms with van der Waals surface area (Å²) in [4.78, 5) is 36.6. The van der Waals surface area contributed by atoms with Crippen molar-refractivity contribution in [2.75, 3.05) is 11.4 Å². The van der Waals surface area contributed by atoms with Gasteiger partial charge in [-0.25, -0.2) is 4.39 Å². The molecule has 120 valence electrons. The Morgan fingerprint density at radius 3 is 2.43 bits per heavy atom. The van der Waals surface area contributed by atoms with E-state index in [1.54, 1.807) is 7.05 Å². The van der Waals surface area contributed by atoms with E-state index in [9.17, 15) is 18.8 Å².